The van der Waals surface area contributed by atoms with Gasteiger partial charge in [0.1, 0.15) is 4.60 Å². The summed E-state index contributed by atoms with van der Waals surface area (Å²) in [6.07, 6.45) is 2.05. The molecule has 2 rings (SSSR count). The summed E-state index contributed by atoms with van der Waals surface area (Å²) in [7, 11) is 0. The molecule has 1 aliphatic heterocycles. The molecular formula is C12H18BrCl2N3O. The molecule has 0 spiro atoms. The Morgan fingerprint density at radius 3 is 2.89 bits per heavy atom. The van der Waals surface area contributed by atoms with Gasteiger partial charge in [0.05, 0.1) is 18.2 Å². The van der Waals surface area contributed by atoms with E-state index in [2.05, 4.69) is 31.5 Å². The SMILES string of the molecule is Cl.Cl.O=C(NCc1cccc(Br)n1)[C@@H]1CCCNC1. The summed E-state index contributed by atoms with van der Waals surface area (Å²) in [6.45, 7) is 2.31. The van der Waals surface area contributed by atoms with E-state index in [1.54, 1.807) is 0 Å². The van der Waals surface area contributed by atoms with Crippen LogP contribution in [0.5, 0.6) is 0 Å². The van der Waals surface area contributed by atoms with Crippen molar-refractivity contribution in [2.24, 2.45) is 5.92 Å². The molecule has 7 heteroatoms. The summed E-state index contributed by atoms with van der Waals surface area (Å²) < 4.78 is 0.795. The molecule has 0 radical (unpaired) electrons. The van der Waals surface area contributed by atoms with Gasteiger partial charge < -0.3 is 10.6 Å². The highest BCUT2D eigenvalue weighted by atomic mass is 79.9. The number of rotatable bonds is 3. The Balaban J connectivity index is 0.00000162. The molecule has 4 nitrogen and oxygen atoms in total. The number of pyridine rings is 1. The number of hydrogen-bond acceptors (Lipinski definition) is 3. The third-order valence-electron chi connectivity index (χ3n) is 2.88. The highest BCUT2D eigenvalue weighted by Gasteiger charge is 2.20. The Morgan fingerprint density at radius 1 is 1.47 bits per heavy atom. The van der Waals surface area contributed by atoms with Crippen LogP contribution in [0.25, 0.3) is 0 Å². The lowest BCUT2D eigenvalue weighted by Gasteiger charge is -2.21. The summed E-state index contributed by atoms with van der Waals surface area (Å²) in [6, 6.07) is 5.70. The molecule has 19 heavy (non-hydrogen) atoms. The molecule has 108 valence electrons. The Labute approximate surface area is 134 Å². The topological polar surface area (TPSA) is 54.0 Å². The van der Waals surface area contributed by atoms with Crippen LogP contribution in [0.15, 0.2) is 22.8 Å². The van der Waals surface area contributed by atoms with E-state index in [0.717, 1.165) is 36.2 Å². The van der Waals surface area contributed by atoms with Crippen molar-refractivity contribution < 1.29 is 4.79 Å². The Hall–Kier alpha value is -0.360. The first-order valence-corrected chi connectivity index (χ1v) is 6.65. The fourth-order valence-corrected chi connectivity index (χ4v) is 2.33. The van der Waals surface area contributed by atoms with Gasteiger partial charge in [-0.15, -0.1) is 24.8 Å². The van der Waals surface area contributed by atoms with Crippen molar-refractivity contribution in [1.29, 1.82) is 0 Å². The molecule has 0 saturated carbocycles. The van der Waals surface area contributed by atoms with Crippen LogP contribution < -0.4 is 10.6 Å². The van der Waals surface area contributed by atoms with E-state index in [1.807, 2.05) is 18.2 Å². The third-order valence-corrected chi connectivity index (χ3v) is 3.33. The van der Waals surface area contributed by atoms with Gasteiger partial charge >= 0.3 is 0 Å². The predicted molar refractivity (Wildman–Crippen MR) is 83.9 cm³/mol. The molecule has 1 aromatic heterocycles. The van der Waals surface area contributed by atoms with Crippen LogP contribution in [-0.4, -0.2) is 24.0 Å². The minimum atomic E-state index is 0. The van der Waals surface area contributed by atoms with Crippen LogP contribution in [0.4, 0.5) is 0 Å². The molecule has 1 saturated heterocycles. The summed E-state index contributed by atoms with van der Waals surface area (Å²) in [4.78, 5) is 16.1. The Morgan fingerprint density at radius 2 is 2.26 bits per heavy atom. The maximum atomic E-state index is 11.9. The van der Waals surface area contributed by atoms with Gasteiger partial charge in [0.15, 0.2) is 0 Å². The largest absolute Gasteiger partial charge is 0.350 e. The zero-order chi connectivity index (χ0) is 12.1. The highest BCUT2D eigenvalue weighted by molar-refractivity contribution is 9.10. The summed E-state index contributed by atoms with van der Waals surface area (Å²) in [5.74, 6) is 0.231. The van der Waals surface area contributed by atoms with E-state index in [-0.39, 0.29) is 36.6 Å². The molecule has 1 fully saturated rings. The normalized spacial score (nSPS) is 17.8. The number of nitrogens with zero attached hydrogens (tertiary/aromatic N) is 1. The molecule has 0 unspecified atom stereocenters. The molecular weight excluding hydrogens is 353 g/mol. The van der Waals surface area contributed by atoms with Crippen molar-refractivity contribution in [2.75, 3.05) is 13.1 Å². The zero-order valence-electron chi connectivity index (χ0n) is 10.4. The second-order valence-electron chi connectivity index (χ2n) is 4.21. The van der Waals surface area contributed by atoms with Crippen LogP contribution in [0.2, 0.25) is 0 Å². The molecule has 0 aromatic carbocycles. The summed E-state index contributed by atoms with van der Waals surface area (Å²) in [5.41, 5.74) is 0.872. The standard InChI is InChI=1S/C12H16BrN3O.2ClH/c13-11-5-1-4-10(16-11)8-15-12(17)9-3-2-6-14-7-9;;/h1,4-5,9,14H,2-3,6-8H2,(H,15,17);2*1H/t9-;;/m1../s1. The quantitative estimate of drug-likeness (QED) is 0.802. The van der Waals surface area contributed by atoms with E-state index in [4.69, 9.17) is 0 Å². The lowest BCUT2D eigenvalue weighted by atomic mass is 9.99. The molecule has 1 amide bonds. The van der Waals surface area contributed by atoms with Gasteiger partial charge in [-0.25, -0.2) is 4.98 Å². The van der Waals surface area contributed by atoms with Crippen molar-refractivity contribution >= 4 is 46.7 Å². The Kier molecular flexibility index (Phi) is 9.35. The smallest absolute Gasteiger partial charge is 0.224 e. The summed E-state index contributed by atoms with van der Waals surface area (Å²) in [5, 5.41) is 6.17. The first kappa shape index (κ1) is 18.6. The van der Waals surface area contributed by atoms with Crippen LogP contribution in [0.1, 0.15) is 18.5 Å². The molecule has 1 aliphatic rings. The number of hydrogen-bond donors (Lipinski definition) is 2. The first-order chi connectivity index (χ1) is 8.25. The molecule has 2 N–H and O–H groups in total. The maximum absolute atomic E-state index is 11.9. The predicted octanol–water partition coefficient (Wildman–Crippen LogP) is 2.30. The van der Waals surface area contributed by atoms with Gasteiger partial charge in [-0.1, -0.05) is 6.07 Å². The lowest BCUT2D eigenvalue weighted by Crippen LogP contribution is -2.40. The van der Waals surface area contributed by atoms with Crippen LogP contribution in [-0.2, 0) is 11.3 Å². The molecule has 0 bridgehead atoms. The molecule has 0 aliphatic carbocycles. The lowest BCUT2D eigenvalue weighted by molar-refractivity contribution is -0.125. The zero-order valence-corrected chi connectivity index (χ0v) is 13.6. The minimum absolute atomic E-state index is 0. The van der Waals surface area contributed by atoms with E-state index in [9.17, 15) is 4.79 Å². The second kappa shape index (κ2) is 9.53. The number of aromatic nitrogens is 1. The number of halogens is 3. The molecule has 2 heterocycles. The number of carbonyl (C=O) groups is 1. The van der Waals surface area contributed by atoms with E-state index >= 15 is 0 Å². The van der Waals surface area contributed by atoms with Gasteiger partial charge in [-0.05, 0) is 47.4 Å². The number of carbonyl (C=O) groups excluding carboxylic acids is 1. The fraction of sp³-hybridized carbons (Fsp3) is 0.500. The minimum Gasteiger partial charge on any atom is -0.350 e. The molecule has 1 atom stereocenters. The fourth-order valence-electron chi connectivity index (χ4n) is 1.95. The second-order valence-corrected chi connectivity index (χ2v) is 5.03. The third kappa shape index (κ3) is 6.08. The number of piperidine rings is 1. The van der Waals surface area contributed by atoms with E-state index < -0.39 is 0 Å². The summed E-state index contributed by atoms with van der Waals surface area (Å²) >= 11 is 3.31. The highest BCUT2D eigenvalue weighted by Crippen LogP contribution is 2.10. The van der Waals surface area contributed by atoms with Crippen LogP contribution in [0.3, 0.4) is 0 Å². The monoisotopic (exact) mass is 369 g/mol. The maximum Gasteiger partial charge on any atom is 0.224 e. The van der Waals surface area contributed by atoms with Crippen LogP contribution >= 0.6 is 40.7 Å². The average molecular weight is 371 g/mol. The van der Waals surface area contributed by atoms with Gasteiger partial charge in [-0.2, -0.15) is 0 Å². The molecule has 1 aromatic rings. The van der Waals surface area contributed by atoms with Gasteiger partial charge in [0.2, 0.25) is 5.91 Å². The average Bonchev–Trinajstić information content (AvgIpc) is 2.37. The van der Waals surface area contributed by atoms with Gasteiger partial charge in [0.25, 0.3) is 0 Å². The van der Waals surface area contributed by atoms with Crippen molar-refractivity contribution in [3.05, 3.63) is 28.5 Å². The van der Waals surface area contributed by atoms with E-state index in [1.165, 1.54) is 0 Å². The number of amides is 1. The Bertz CT molecular complexity index is 400. The van der Waals surface area contributed by atoms with Crippen LogP contribution in [0, 0.1) is 5.92 Å². The van der Waals surface area contributed by atoms with Crippen molar-refractivity contribution in [2.45, 2.75) is 19.4 Å². The number of nitrogens with one attached hydrogen (secondary N) is 2. The van der Waals surface area contributed by atoms with Crippen molar-refractivity contribution in [3.63, 3.8) is 0 Å². The van der Waals surface area contributed by atoms with Crippen molar-refractivity contribution in [1.82, 2.24) is 15.6 Å². The van der Waals surface area contributed by atoms with Gasteiger partial charge in [-0.3, -0.25) is 4.79 Å². The van der Waals surface area contributed by atoms with E-state index in [0.29, 0.717) is 6.54 Å². The first-order valence-electron chi connectivity index (χ1n) is 5.85. The van der Waals surface area contributed by atoms with Gasteiger partial charge in [0, 0.05) is 6.54 Å². The van der Waals surface area contributed by atoms with Crippen molar-refractivity contribution in [3.8, 4) is 0 Å².